The van der Waals surface area contributed by atoms with Crippen molar-refractivity contribution in [1.29, 1.82) is 0 Å². The van der Waals surface area contributed by atoms with Crippen LogP contribution in [0.2, 0.25) is 0 Å². The molecule has 2 saturated carbocycles. The summed E-state index contributed by atoms with van der Waals surface area (Å²) in [5.41, 5.74) is -0.0534. The van der Waals surface area contributed by atoms with Gasteiger partial charge in [-0.2, -0.15) is 0 Å². The average Bonchev–Trinajstić information content (AvgIpc) is 0.668. The lowest BCUT2D eigenvalue weighted by atomic mass is 9.44. The maximum Gasteiger partial charge on any atom is 0.364 e. The highest BCUT2D eigenvalue weighted by Gasteiger charge is 2.79. The SMILES string of the molecule is CC(=O)NC1C(O)CC(OCC2OC(OC3COC(OC4CC5OCC5(OC(C)=O)C5C(OC(=O)c6ccccc6)C6(O)CC(OC(=O)C(O)C(NC(=O)c7ccccc7)c7ccccc7)C(C)=C(C(O)C(=O)C45C)C6(C)C)C(O)C3O)C(O)C(O)C2O)(C(=O)O)OC1C(O)C(O)CN=[N+]=[N-]. The first kappa shape index (κ1) is 76.1. The summed E-state index contributed by atoms with van der Waals surface area (Å²) in [7, 11) is 0. The molecule has 6 fully saturated rings. The quantitative estimate of drug-likeness (QED) is 0.0128. The zero-order valence-electron chi connectivity index (χ0n) is 55.5. The molecule has 550 valence electrons. The van der Waals surface area contributed by atoms with Crippen LogP contribution in [-0.2, 0) is 71.3 Å². The van der Waals surface area contributed by atoms with Crippen molar-refractivity contribution in [3.63, 3.8) is 0 Å². The van der Waals surface area contributed by atoms with Gasteiger partial charge in [0.2, 0.25) is 5.91 Å². The highest BCUT2D eigenvalue weighted by molar-refractivity contribution is 5.95. The van der Waals surface area contributed by atoms with Gasteiger partial charge in [0.1, 0.15) is 85.0 Å². The number of rotatable bonds is 22. The van der Waals surface area contributed by atoms with E-state index < -0.39 is 249 Å². The second-order valence-electron chi connectivity index (χ2n) is 27.2. The average molecular weight is 1420 g/mol. The first-order chi connectivity index (χ1) is 47.7. The molecule has 34 nitrogen and oxygen atoms in total. The maximum atomic E-state index is 16.2. The standard InChI is InChI=1S/C67H83N5O29/c1-29-37(95-59(88)49(81)43(32-16-10-7-11-17-32)71-57(86)33-18-12-8-13-19-33)24-66(91)56(99-58(87)34-20-14-9-15-21-34)54-64(6,55(85)48(80)42(29)63(66,4)5)40(22-41-65(54,28-93-41)100-31(3)74)98-60-51(83)47(79)38(26-92-60)96-61-52(84)50(82)46(78)39(97-61)27-94-67(62(89)90)23-35(75)44(70-30(2)73)53(101-67)45(77)36(76)25-69-72-68/h7-21,35-41,43-54,56,60-61,75-84,91H,22-28H2,1-6H3,(H,70,73)(H,71,86)(H,89,90). The number of carbonyl (C=O) groups is 7. The zero-order chi connectivity index (χ0) is 73.6. The molecule has 3 aromatic carbocycles. The van der Waals surface area contributed by atoms with Gasteiger partial charge in [-0.3, -0.25) is 19.2 Å². The van der Waals surface area contributed by atoms with Crippen molar-refractivity contribution in [2.24, 2.45) is 21.9 Å². The first-order valence-electron chi connectivity index (χ1n) is 32.6. The zero-order valence-corrected chi connectivity index (χ0v) is 55.5. The van der Waals surface area contributed by atoms with Gasteiger partial charge in [-0.25, -0.2) is 14.4 Å². The minimum Gasteiger partial charge on any atom is -0.477 e. The van der Waals surface area contributed by atoms with Crippen LogP contribution in [0.1, 0.15) is 93.1 Å². The van der Waals surface area contributed by atoms with Crippen molar-refractivity contribution >= 4 is 41.5 Å². The lowest BCUT2D eigenvalue weighted by molar-refractivity contribution is -0.375. The molecule has 2 amide bonds. The van der Waals surface area contributed by atoms with E-state index in [1.165, 1.54) is 64.1 Å². The molecule has 3 aromatic rings. The molecule has 4 aliphatic heterocycles. The molecule has 0 radical (unpaired) electrons. The van der Waals surface area contributed by atoms with Gasteiger partial charge < -0.3 is 119 Å². The smallest absolute Gasteiger partial charge is 0.364 e. The van der Waals surface area contributed by atoms with E-state index in [1.54, 1.807) is 54.6 Å². The number of hydrogen-bond acceptors (Lipinski definition) is 29. The van der Waals surface area contributed by atoms with Gasteiger partial charge in [0.25, 0.3) is 11.7 Å². The van der Waals surface area contributed by atoms with Gasteiger partial charge in [0.05, 0.1) is 73.7 Å². The number of azide groups is 1. The van der Waals surface area contributed by atoms with Crippen LogP contribution in [-0.4, -0.2) is 268 Å². The number of aliphatic hydroxyl groups is 11. The number of benzene rings is 3. The Morgan fingerprint density at radius 3 is 2.00 bits per heavy atom. The van der Waals surface area contributed by atoms with E-state index >= 15 is 4.79 Å². The molecule has 3 aliphatic carbocycles. The van der Waals surface area contributed by atoms with Crippen molar-refractivity contribution in [3.8, 4) is 0 Å². The molecule has 14 N–H and O–H groups in total. The molecule has 0 spiro atoms. The molecular weight excluding hydrogens is 1340 g/mol. The van der Waals surface area contributed by atoms with Gasteiger partial charge in [-0.1, -0.05) is 85.7 Å². The van der Waals surface area contributed by atoms with Crippen LogP contribution < -0.4 is 10.6 Å². The third kappa shape index (κ3) is 14.3. The van der Waals surface area contributed by atoms with E-state index in [2.05, 4.69) is 20.7 Å². The number of fused-ring (bicyclic) bond motifs is 5. The minimum atomic E-state index is -2.99. The van der Waals surface area contributed by atoms with Crippen molar-refractivity contribution in [2.75, 3.05) is 26.4 Å². The summed E-state index contributed by atoms with van der Waals surface area (Å²) < 4.78 is 60.6. The summed E-state index contributed by atoms with van der Waals surface area (Å²) in [4.78, 5) is 101. The molecule has 4 heterocycles. The Kier molecular flexibility index (Phi) is 22.7. The molecule has 101 heavy (non-hydrogen) atoms. The van der Waals surface area contributed by atoms with Crippen molar-refractivity contribution in [2.45, 2.75) is 206 Å². The number of ether oxygens (including phenoxy) is 10. The van der Waals surface area contributed by atoms with E-state index in [1.807, 2.05) is 0 Å². The molecule has 2 bridgehead atoms. The summed E-state index contributed by atoms with van der Waals surface area (Å²) in [5.74, 6) is -12.8. The van der Waals surface area contributed by atoms with Gasteiger partial charge >= 0.3 is 23.9 Å². The Labute approximate surface area is 576 Å². The molecule has 34 heteroatoms. The van der Waals surface area contributed by atoms with E-state index in [9.17, 15) is 90.0 Å². The van der Waals surface area contributed by atoms with E-state index in [-0.39, 0.29) is 27.8 Å². The number of carbonyl (C=O) groups excluding carboxylic acids is 6. The Bertz CT molecular complexity index is 3630. The third-order valence-corrected chi connectivity index (χ3v) is 20.7. The van der Waals surface area contributed by atoms with E-state index in [4.69, 9.17) is 52.9 Å². The third-order valence-electron chi connectivity index (χ3n) is 20.7. The topological polar surface area (TPSA) is 527 Å². The molecule has 26 unspecified atom stereocenters. The fourth-order valence-corrected chi connectivity index (χ4v) is 15.2. The molecule has 0 aromatic heterocycles. The number of amides is 2. The number of Topliss-reactive ketones (excluding diaryl/α,β-unsaturated/α-hetero) is 1. The summed E-state index contributed by atoms with van der Waals surface area (Å²) in [6.07, 6.45) is -40.1. The fourth-order valence-electron chi connectivity index (χ4n) is 15.2. The van der Waals surface area contributed by atoms with Gasteiger partial charge in [0.15, 0.2) is 30.1 Å². The van der Waals surface area contributed by atoms with E-state index in [0.717, 1.165) is 13.8 Å². The van der Waals surface area contributed by atoms with Crippen LogP contribution >= 0.6 is 0 Å². The van der Waals surface area contributed by atoms with Crippen LogP contribution in [0.15, 0.2) is 107 Å². The summed E-state index contributed by atoms with van der Waals surface area (Å²) in [5, 5.41) is 148. The number of ketones is 1. The number of esters is 3. The molecule has 26 atom stereocenters. The highest BCUT2D eigenvalue weighted by atomic mass is 16.8. The summed E-state index contributed by atoms with van der Waals surface area (Å²) in [6, 6.07) is 20.3. The number of nitrogens with one attached hydrogen (secondary N) is 2. The number of aliphatic hydroxyl groups excluding tert-OH is 10. The fraction of sp³-hybridized carbons (Fsp3) is 0.597. The first-order valence-corrected chi connectivity index (χ1v) is 32.6. The second kappa shape index (κ2) is 30.1. The Morgan fingerprint density at radius 2 is 1.41 bits per heavy atom. The maximum absolute atomic E-state index is 16.2. The number of aliphatic carboxylic acids is 1. The monoisotopic (exact) mass is 1420 g/mol. The molecule has 4 saturated heterocycles. The molecule has 10 rings (SSSR count). The van der Waals surface area contributed by atoms with Crippen LogP contribution in [0.25, 0.3) is 10.4 Å². The molecule has 7 aliphatic rings. The Morgan fingerprint density at radius 1 is 0.782 bits per heavy atom. The minimum absolute atomic E-state index is 0.00547. The normalized spacial score (nSPS) is 37.7. The number of nitrogens with zero attached hydrogens (tertiary/aromatic N) is 3. The van der Waals surface area contributed by atoms with E-state index in [0.29, 0.717) is 0 Å². The van der Waals surface area contributed by atoms with Crippen LogP contribution in [0.3, 0.4) is 0 Å². The second-order valence-corrected chi connectivity index (χ2v) is 27.2. The van der Waals surface area contributed by atoms with Crippen LogP contribution in [0.5, 0.6) is 0 Å². The highest BCUT2D eigenvalue weighted by Crippen LogP contribution is 2.65. The van der Waals surface area contributed by atoms with Crippen molar-refractivity contribution < 1.29 is 142 Å². The lowest BCUT2D eigenvalue weighted by Crippen LogP contribution is -2.82. The Hall–Kier alpha value is -7.52. The van der Waals surface area contributed by atoms with Crippen molar-refractivity contribution in [3.05, 3.63) is 129 Å². The van der Waals surface area contributed by atoms with Gasteiger partial charge in [-0.15, -0.1) is 0 Å². The largest absolute Gasteiger partial charge is 0.477 e. The Balaban J connectivity index is 0.940. The van der Waals surface area contributed by atoms with Crippen LogP contribution in [0.4, 0.5) is 0 Å². The predicted molar refractivity (Wildman–Crippen MR) is 336 cm³/mol. The summed E-state index contributed by atoms with van der Waals surface area (Å²) >= 11 is 0. The van der Waals surface area contributed by atoms with Crippen LogP contribution in [0, 0.1) is 16.7 Å². The van der Waals surface area contributed by atoms with Gasteiger partial charge in [-0.05, 0) is 60.4 Å². The molecular formula is C67H83N5O29. The number of carboxylic acid groups (broad SMARTS) is 1. The van der Waals surface area contributed by atoms with Crippen molar-refractivity contribution in [1.82, 2.24) is 10.6 Å². The number of hydrogen-bond donors (Lipinski definition) is 14. The lowest BCUT2D eigenvalue weighted by Gasteiger charge is -2.68. The predicted octanol–water partition coefficient (Wildman–Crippen LogP) is -2.06. The van der Waals surface area contributed by atoms with Gasteiger partial charge in [0, 0.05) is 49.0 Å². The summed E-state index contributed by atoms with van der Waals surface area (Å²) in [6.45, 7) is 4.48. The number of carboxylic acids is 1.